The molecule has 0 aliphatic carbocycles. The summed E-state index contributed by atoms with van der Waals surface area (Å²) in [5, 5.41) is 11.7. The molecule has 0 spiro atoms. The summed E-state index contributed by atoms with van der Waals surface area (Å²) in [6.45, 7) is 6.89. The maximum absolute atomic E-state index is 13.1. The summed E-state index contributed by atoms with van der Waals surface area (Å²) < 4.78 is 27.5. The van der Waals surface area contributed by atoms with Gasteiger partial charge in [-0.15, -0.1) is 0 Å². The van der Waals surface area contributed by atoms with Crippen LogP contribution < -0.4 is 23.7 Å². The van der Waals surface area contributed by atoms with Gasteiger partial charge in [0.15, 0.2) is 18.1 Å². The van der Waals surface area contributed by atoms with E-state index in [1.54, 1.807) is 44.2 Å². The summed E-state index contributed by atoms with van der Waals surface area (Å²) in [7, 11) is 4.37. The Morgan fingerprint density at radius 1 is 1.12 bits per heavy atom. The average Bonchev–Trinajstić information content (AvgIpc) is 2.79. The number of ether oxygens (including phenoxy) is 5. The Bertz CT molecular complexity index is 1150. The maximum Gasteiger partial charge on any atom is 0.312 e. The minimum absolute atomic E-state index is 0.0107. The van der Waals surface area contributed by atoms with E-state index in [9.17, 15) is 14.9 Å². The summed E-state index contributed by atoms with van der Waals surface area (Å²) in [4.78, 5) is 24.2. The summed E-state index contributed by atoms with van der Waals surface area (Å²) in [5.41, 5.74) is -0.151. The zero-order valence-corrected chi connectivity index (χ0v) is 19.1. The first kappa shape index (κ1) is 23.6. The van der Waals surface area contributed by atoms with E-state index in [1.807, 2.05) is 0 Å². The maximum atomic E-state index is 13.1. The van der Waals surface area contributed by atoms with Crippen LogP contribution in [0, 0.1) is 10.1 Å². The molecule has 0 atom stereocenters. The van der Waals surface area contributed by atoms with Crippen molar-refractivity contribution in [2.75, 3.05) is 27.9 Å². The number of fused-ring (bicyclic) bond motifs is 1. The first-order chi connectivity index (χ1) is 15.6. The van der Waals surface area contributed by atoms with Crippen molar-refractivity contribution in [3.63, 3.8) is 0 Å². The van der Waals surface area contributed by atoms with Gasteiger partial charge in [-0.3, -0.25) is 14.9 Å². The molecular weight excluding hydrogens is 430 g/mol. The molecule has 2 aromatic rings. The predicted octanol–water partition coefficient (Wildman–Crippen LogP) is 4.71. The number of nitro groups is 1. The fourth-order valence-corrected chi connectivity index (χ4v) is 3.44. The number of methoxy groups -OCH3 is 3. The van der Waals surface area contributed by atoms with Crippen molar-refractivity contribution in [3.8, 4) is 28.7 Å². The van der Waals surface area contributed by atoms with Gasteiger partial charge in [0.2, 0.25) is 11.5 Å². The minimum Gasteiger partial charge on any atom is -0.495 e. The highest BCUT2D eigenvalue weighted by atomic mass is 16.6. The lowest BCUT2D eigenvalue weighted by Crippen LogP contribution is -2.28. The summed E-state index contributed by atoms with van der Waals surface area (Å²) in [5.74, 6) is 0.946. The van der Waals surface area contributed by atoms with Crippen molar-refractivity contribution in [2.45, 2.75) is 19.4 Å². The molecule has 0 saturated carbocycles. The van der Waals surface area contributed by atoms with Crippen LogP contribution in [0.2, 0.25) is 0 Å². The molecule has 3 rings (SSSR count). The Kier molecular flexibility index (Phi) is 6.62. The molecule has 9 nitrogen and oxygen atoms in total. The standard InChI is InChI=1S/C24H25NO8/c1-7-14-10-20(29-4)21(30-5)12-19(14)32-13-18(26)16-11-17(25(27)28)23-15(22(16)31-6)8-9-24(2,3)33-23/h7-12H,1,13H2,2-6H3. The van der Waals surface area contributed by atoms with Gasteiger partial charge in [0.25, 0.3) is 0 Å². The Hall–Kier alpha value is -4.01. The molecular formula is C24H25NO8. The Morgan fingerprint density at radius 2 is 1.79 bits per heavy atom. The lowest BCUT2D eigenvalue weighted by atomic mass is 9.97. The van der Waals surface area contributed by atoms with E-state index in [0.717, 1.165) is 6.07 Å². The molecule has 0 aromatic heterocycles. The SMILES string of the molecule is C=Cc1cc(OC)c(OC)cc1OCC(=O)c1cc([N+](=O)[O-])c2c(c1OC)C=CC(C)(C)O2. The van der Waals surface area contributed by atoms with Gasteiger partial charge < -0.3 is 23.7 Å². The number of hydrogen-bond donors (Lipinski definition) is 0. The monoisotopic (exact) mass is 455 g/mol. The van der Waals surface area contributed by atoms with E-state index in [-0.39, 0.29) is 22.7 Å². The van der Waals surface area contributed by atoms with Crippen LogP contribution in [-0.2, 0) is 0 Å². The van der Waals surface area contributed by atoms with Crippen LogP contribution in [0.3, 0.4) is 0 Å². The van der Waals surface area contributed by atoms with Gasteiger partial charge in [-0.05, 0) is 32.1 Å². The van der Waals surface area contributed by atoms with Crippen LogP contribution in [0.5, 0.6) is 28.7 Å². The van der Waals surface area contributed by atoms with Gasteiger partial charge in [0.1, 0.15) is 17.1 Å². The highest BCUT2D eigenvalue weighted by Gasteiger charge is 2.34. The van der Waals surface area contributed by atoms with E-state index in [2.05, 4.69) is 6.58 Å². The second-order valence-corrected chi connectivity index (χ2v) is 7.68. The molecule has 0 fully saturated rings. The highest BCUT2D eigenvalue weighted by Crippen LogP contribution is 2.45. The fraction of sp³-hybridized carbons (Fsp3) is 0.292. The zero-order valence-electron chi connectivity index (χ0n) is 19.1. The number of nitro benzene ring substituents is 1. The Balaban J connectivity index is 1.99. The van der Waals surface area contributed by atoms with Crippen LogP contribution in [0.15, 0.2) is 30.9 Å². The average molecular weight is 455 g/mol. The van der Waals surface area contributed by atoms with Gasteiger partial charge in [-0.1, -0.05) is 12.7 Å². The molecule has 174 valence electrons. The summed E-state index contributed by atoms with van der Waals surface area (Å²) in [6, 6.07) is 4.40. The van der Waals surface area contributed by atoms with Gasteiger partial charge >= 0.3 is 5.69 Å². The third-order valence-corrected chi connectivity index (χ3v) is 5.06. The van der Waals surface area contributed by atoms with Crippen LogP contribution in [0.4, 0.5) is 5.69 Å². The van der Waals surface area contributed by atoms with E-state index >= 15 is 0 Å². The number of hydrogen-bond acceptors (Lipinski definition) is 8. The molecule has 0 radical (unpaired) electrons. The van der Waals surface area contributed by atoms with Gasteiger partial charge in [-0.25, -0.2) is 0 Å². The topological polar surface area (TPSA) is 106 Å². The summed E-state index contributed by atoms with van der Waals surface area (Å²) >= 11 is 0. The molecule has 2 aromatic carbocycles. The quantitative estimate of drug-likeness (QED) is 0.304. The van der Waals surface area contributed by atoms with Gasteiger partial charge in [0.05, 0.1) is 37.4 Å². The Labute approximate surface area is 191 Å². The van der Waals surface area contributed by atoms with Crippen molar-refractivity contribution >= 4 is 23.6 Å². The van der Waals surface area contributed by atoms with Crippen molar-refractivity contribution in [3.05, 3.63) is 57.7 Å². The van der Waals surface area contributed by atoms with Crippen LogP contribution in [0.1, 0.15) is 35.3 Å². The molecule has 1 heterocycles. The van der Waals surface area contributed by atoms with Gasteiger partial charge in [0, 0.05) is 17.7 Å². The Morgan fingerprint density at radius 3 is 2.36 bits per heavy atom. The fourth-order valence-electron chi connectivity index (χ4n) is 3.44. The van der Waals surface area contributed by atoms with E-state index in [1.165, 1.54) is 21.3 Å². The van der Waals surface area contributed by atoms with Crippen molar-refractivity contribution in [1.82, 2.24) is 0 Å². The van der Waals surface area contributed by atoms with E-state index in [0.29, 0.717) is 28.4 Å². The van der Waals surface area contributed by atoms with Crippen LogP contribution in [0.25, 0.3) is 12.2 Å². The molecule has 0 bridgehead atoms. The summed E-state index contributed by atoms with van der Waals surface area (Å²) in [6.07, 6.45) is 4.95. The molecule has 0 unspecified atom stereocenters. The third kappa shape index (κ3) is 4.62. The van der Waals surface area contributed by atoms with E-state index in [4.69, 9.17) is 23.7 Å². The number of carbonyl (C=O) groups is 1. The number of nitrogens with zero attached hydrogens (tertiary/aromatic N) is 1. The van der Waals surface area contributed by atoms with Crippen LogP contribution in [-0.4, -0.2) is 44.2 Å². The first-order valence-corrected chi connectivity index (χ1v) is 9.97. The van der Waals surface area contributed by atoms with Crippen molar-refractivity contribution in [2.24, 2.45) is 0 Å². The van der Waals surface area contributed by atoms with Crippen molar-refractivity contribution < 1.29 is 33.4 Å². The molecule has 33 heavy (non-hydrogen) atoms. The number of Topliss-reactive ketones (excluding diaryl/α,β-unsaturated/α-hetero) is 1. The normalized spacial score (nSPS) is 13.4. The van der Waals surface area contributed by atoms with Crippen LogP contribution >= 0.6 is 0 Å². The second-order valence-electron chi connectivity index (χ2n) is 7.68. The number of carbonyl (C=O) groups excluding carboxylic acids is 1. The number of ketones is 1. The molecule has 0 saturated heterocycles. The molecule has 1 aliphatic rings. The predicted molar refractivity (Wildman–Crippen MR) is 123 cm³/mol. The first-order valence-electron chi connectivity index (χ1n) is 9.97. The van der Waals surface area contributed by atoms with Crippen molar-refractivity contribution in [1.29, 1.82) is 0 Å². The lowest BCUT2D eigenvalue weighted by molar-refractivity contribution is -0.386. The van der Waals surface area contributed by atoms with E-state index < -0.39 is 22.9 Å². The lowest BCUT2D eigenvalue weighted by Gasteiger charge is -2.28. The third-order valence-electron chi connectivity index (χ3n) is 5.06. The molecule has 0 N–H and O–H groups in total. The van der Waals surface area contributed by atoms with Gasteiger partial charge in [-0.2, -0.15) is 0 Å². The zero-order chi connectivity index (χ0) is 24.3. The largest absolute Gasteiger partial charge is 0.495 e. The number of rotatable bonds is 9. The second kappa shape index (κ2) is 9.23. The smallest absolute Gasteiger partial charge is 0.312 e. The number of benzene rings is 2. The minimum atomic E-state index is -0.744. The molecule has 1 aliphatic heterocycles. The molecule has 9 heteroatoms. The highest BCUT2D eigenvalue weighted by molar-refractivity contribution is 6.02. The molecule has 0 amide bonds.